The monoisotopic (exact) mass is 198 g/mol. The first-order chi connectivity index (χ1) is 6.64. The van der Waals surface area contributed by atoms with Gasteiger partial charge in [-0.1, -0.05) is 6.92 Å². The highest BCUT2D eigenvalue weighted by Crippen LogP contribution is 2.27. The predicted octanol–water partition coefficient (Wildman–Crippen LogP) is 1.52. The summed E-state index contributed by atoms with van der Waals surface area (Å²) in [4.78, 5) is 13.8. The van der Waals surface area contributed by atoms with E-state index >= 15 is 0 Å². The first-order valence-corrected chi connectivity index (χ1v) is 5.64. The molecule has 1 atom stereocenters. The van der Waals surface area contributed by atoms with E-state index in [0.717, 1.165) is 25.8 Å². The molecule has 0 radical (unpaired) electrons. The second kappa shape index (κ2) is 4.78. The van der Waals surface area contributed by atoms with Gasteiger partial charge in [-0.2, -0.15) is 0 Å². The van der Waals surface area contributed by atoms with E-state index in [2.05, 4.69) is 6.92 Å². The molecular weight excluding hydrogens is 176 g/mol. The molecule has 1 unspecified atom stereocenters. The van der Waals surface area contributed by atoms with Crippen molar-refractivity contribution in [2.24, 2.45) is 5.73 Å². The molecule has 3 heteroatoms. The summed E-state index contributed by atoms with van der Waals surface area (Å²) in [6, 6.07) is 0. The molecule has 0 saturated carbocycles. The molecule has 1 amide bonds. The Morgan fingerprint density at radius 2 is 2.21 bits per heavy atom. The van der Waals surface area contributed by atoms with Crippen LogP contribution in [0.25, 0.3) is 0 Å². The third-order valence-electron chi connectivity index (χ3n) is 3.20. The number of amides is 1. The van der Waals surface area contributed by atoms with E-state index in [1.54, 1.807) is 0 Å². The maximum Gasteiger partial charge on any atom is 0.223 e. The largest absolute Gasteiger partial charge is 0.336 e. The van der Waals surface area contributed by atoms with Gasteiger partial charge in [-0.25, -0.2) is 0 Å². The van der Waals surface area contributed by atoms with Gasteiger partial charge >= 0.3 is 0 Å². The summed E-state index contributed by atoms with van der Waals surface area (Å²) < 4.78 is 0. The molecule has 0 aromatic heterocycles. The van der Waals surface area contributed by atoms with E-state index in [1.807, 2.05) is 11.8 Å². The lowest BCUT2D eigenvalue weighted by molar-refractivity contribution is -0.138. The molecule has 1 aliphatic heterocycles. The van der Waals surface area contributed by atoms with Crippen LogP contribution in [0.3, 0.4) is 0 Å². The van der Waals surface area contributed by atoms with Crippen molar-refractivity contribution < 1.29 is 4.79 Å². The highest BCUT2D eigenvalue weighted by Gasteiger charge is 2.35. The van der Waals surface area contributed by atoms with Gasteiger partial charge < -0.3 is 10.6 Å². The summed E-state index contributed by atoms with van der Waals surface area (Å²) >= 11 is 0. The molecule has 1 rings (SSSR count). The predicted molar refractivity (Wildman–Crippen MR) is 57.9 cm³/mol. The quantitative estimate of drug-likeness (QED) is 0.747. The molecule has 0 aliphatic carbocycles. The van der Waals surface area contributed by atoms with Crippen molar-refractivity contribution in [3.8, 4) is 0 Å². The Balaban J connectivity index is 2.67. The Hall–Kier alpha value is -0.570. The molecule has 14 heavy (non-hydrogen) atoms. The Labute approximate surface area is 86.6 Å². The minimum absolute atomic E-state index is 0.0789. The first-order valence-electron chi connectivity index (χ1n) is 5.64. The van der Waals surface area contributed by atoms with Crippen molar-refractivity contribution in [1.29, 1.82) is 0 Å². The first kappa shape index (κ1) is 11.5. The zero-order valence-corrected chi connectivity index (χ0v) is 9.38. The fraction of sp³-hybridized carbons (Fsp3) is 0.909. The number of nitrogens with zero attached hydrogens (tertiary/aromatic N) is 1. The van der Waals surface area contributed by atoms with Gasteiger partial charge in [0.2, 0.25) is 5.91 Å². The van der Waals surface area contributed by atoms with Crippen molar-refractivity contribution in [3.63, 3.8) is 0 Å². The smallest absolute Gasteiger partial charge is 0.223 e. The summed E-state index contributed by atoms with van der Waals surface area (Å²) in [7, 11) is 0. The van der Waals surface area contributed by atoms with Crippen LogP contribution in [0.4, 0.5) is 0 Å². The van der Waals surface area contributed by atoms with Gasteiger partial charge in [-0.3, -0.25) is 4.79 Å². The summed E-state index contributed by atoms with van der Waals surface area (Å²) in [5, 5.41) is 0. The lowest BCUT2D eigenvalue weighted by atomic mass is 9.88. The van der Waals surface area contributed by atoms with E-state index in [9.17, 15) is 4.79 Å². The van der Waals surface area contributed by atoms with Crippen LogP contribution in [0.2, 0.25) is 0 Å². The SMILES string of the molecule is CCCC(=O)N1CCCCC1(C)CN. The third kappa shape index (κ3) is 2.27. The Bertz CT molecular complexity index is 205. The van der Waals surface area contributed by atoms with Gasteiger partial charge in [0, 0.05) is 19.5 Å². The molecule has 0 aromatic rings. The number of nitrogens with two attached hydrogens (primary N) is 1. The van der Waals surface area contributed by atoms with E-state index < -0.39 is 0 Å². The molecular formula is C11H22N2O. The highest BCUT2D eigenvalue weighted by atomic mass is 16.2. The van der Waals surface area contributed by atoms with Gasteiger partial charge in [0.25, 0.3) is 0 Å². The second-order valence-electron chi connectivity index (χ2n) is 4.45. The number of carbonyl (C=O) groups is 1. The molecule has 1 heterocycles. The maximum absolute atomic E-state index is 11.8. The Kier molecular flexibility index (Phi) is 3.93. The van der Waals surface area contributed by atoms with Crippen LogP contribution in [-0.4, -0.2) is 29.4 Å². The molecule has 82 valence electrons. The van der Waals surface area contributed by atoms with Crippen LogP contribution in [0.1, 0.15) is 46.0 Å². The molecule has 0 aromatic carbocycles. The lowest BCUT2D eigenvalue weighted by Crippen LogP contribution is -2.56. The van der Waals surface area contributed by atoms with Crippen molar-refractivity contribution in [1.82, 2.24) is 4.90 Å². The maximum atomic E-state index is 11.8. The second-order valence-corrected chi connectivity index (χ2v) is 4.45. The molecule has 1 fully saturated rings. The van der Waals surface area contributed by atoms with Crippen molar-refractivity contribution in [3.05, 3.63) is 0 Å². The van der Waals surface area contributed by atoms with Gasteiger partial charge in [-0.05, 0) is 32.6 Å². The molecule has 0 bridgehead atoms. The average molecular weight is 198 g/mol. The molecule has 0 spiro atoms. The third-order valence-corrected chi connectivity index (χ3v) is 3.20. The van der Waals surface area contributed by atoms with E-state index in [1.165, 1.54) is 6.42 Å². The minimum Gasteiger partial charge on any atom is -0.336 e. The molecule has 1 saturated heterocycles. The van der Waals surface area contributed by atoms with Crippen LogP contribution >= 0.6 is 0 Å². The minimum atomic E-state index is -0.0789. The van der Waals surface area contributed by atoms with Gasteiger partial charge in [0.15, 0.2) is 0 Å². The van der Waals surface area contributed by atoms with Crippen LogP contribution in [0.5, 0.6) is 0 Å². The summed E-state index contributed by atoms with van der Waals surface area (Å²) in [5.41, 5.74) is 5.69. The summed E-state index contributed by atoms with van der Waals surface area (Å²) in [5.74, 6) is 0.278. The normalized spacial score (nSPS) is 27.8. The molecule has 1 aliphatic rings. The van der Waals surface area contributed by atoms with Crippen molar-refractivity contribution in [2.75, 3.05) is 13.1 Å². The Morgan fingerprint density at radius 3 is 2.79 bits per heavy atom. The van der Waals surface area contributed by atoms with Gasteiger partial charge in [-0.15, -0.1) is 0 Å². The highest BCUT2D eigenvalue weighted by molar-refractivity contribution is 5.77. The van der Waals surface area contributed by atoms with Crippen LogP contribution in [-0.2, 0) is 4.79 Å². The summed E-state index contributed by atoms with van der Waals surface area (Å²) in [6.07, 6.45) is 4.97. The Morgan fingerprint density at radius 1 is 1.50 bits per heavy atom. The van der Waals surface area contributed by atoms with Crippen LogP contribution in [0, 0.1) is 0 Å². The summed E-state index contributed by atoms with van der Waals surface area (Å²) in [6.45, 7) is 5.64. The zero-order valence-electron chi connectivity index (χ0n) is 9.38. The van der Waals surface area contributed by atoms with Gasteiger partial charge in [0.1, 0.15) is 0 Å². The standard InChI is InChI=1S/C11H22N2O/c1-3-6-10(14)13-8-5-4-7-11(13,2)9-12/h3-9,12H2,1-2H3. The van der Waals surface area contributed by atoms with E-state index in [0.29, 0.717) is 13.0 Å². The van der Waals surface area contributed by atoms with Crippen molar-refractivity contribution in [2.45, 2.75) is 51.5 Å². The number of hydrogen-bond donors (Lipinski definition) is 1. The topological polar surface area (TPSA) is 46.3 Å². The van der Waals surface area contributed by atoms with Gasteiger partial charge in [0.05, 0.1) is 5.54 Å². The van der Waals surface area contributed by atoms with Crippen molar-refractivity contribution >= 4 is 5.91 Å². The number of rotatable bonds is 3. The fourth-order valence-corrected chi connectivity index (χ4v) is 2.17. The zero-order chi connectivity index (χ0) is 10.6. The lowest BCUT2D eigenvalue weighted by Gasteiger charge is -2.44. The number of carbonyl (C=O) groups excluding carboxylic acids is 1. The number of piperidine rings is 1. The fourth-order valence-electron chi connectivity index (χ4n) is 2.17. The number of hydrogen-bond acceptors (Lipinski definition) is 2. The average Bonchev–Trinajstić information content (AvgIpc) is 2.19. The van der Waals surface area contributed by atoms with E-state index in [4.69, 9.17) is 5.73 Å². The molecule has 2 N–H and O–H groups in total. The van der Waals surface area contributed by atoms with Crippen LogP contribution < -0.4 is 5.73 Å². The molecule has 3 nitrogen and oxygen atoms in total. The van der Waals surface area contributed by atoms with Crippen LogP contribution in [0.15, 0.2) is 0 Å². The van der Waals surface area contributed by atoms with E-state index in [-0.39, 0.29) is 11.4 Å². The number of likely N-dealkylation sites (tertiary alicyclic amines) is 1.